The lowest BCUT2D eigenvalue weighted by Crippen LogP contribution is -2.12. The van der Waals surface area contributed by atoms with Gasteiger partial charge in [0.25, 0.3) is 5.91 Å². The molecule has 142 valence electrons. The fraction of sp³-hybridized carbons (Fsp3) is 0. The number of azo groups is 1. The average Bonchev–Trinajstić information content (AvgIpc) is 2.74. The van der Waals surface area contributed by atoms with E-state index in [9.17, 15) is 9.90 Å². The second-order valence-corrected chi connectivity index (χ2v) is 6.72. The number of benzene rings is 4. The summed E-state index contributed by atoms with van der Waals surface area (Å²) in [6.45, 7) is 0. The van der Waals surface area contributed by atoms with Crippen LogP contribution < -0.4 is 5.32 Å². The van der Waals surface area contributed by atoms with E-state index in [1.54, 1.807) is 42.5 Å². The number of amides is 1. The molecule has 0 aliphatic heterocycles. The molecule has 6 heteroatoms. The highest BCUT2D eigenvalue weighted by Crippen LogP contribution is 2.40. The van der Waals surface area contributed by atoms with Gasteiger partial charge >= 0.3 is 0 Å². The Labute approximate surface area is 172 Å². The van der Waals surface area contributed by atoms with Crippen molar-refractivity contribution in [2.45, 2.75) is 0 Å². The van der Waals surface area contributed by atoms with Crippen molar-refractivity contribution < 1.29 is 9.90 Å². The standard InChI is InChI=1S/C23H16ClN3O2/c24-19-12-6-7-13-20(19)26-27-21-17-11-5-4-8-15(17)14-18(22(21)28)23(29)25-16-9-2-1-3-10-16/h1-14,28H,(H,25,29)/b27-26+. The van der Waals surface area contributed by atoms with Crippen LogP contribution in [-0.4, -0.2) is 11.0 Å². The molecule has 0 aliphatic carbocycles. The highest BCUT2D eigenvalue weighted by Gasteiger charge is 2.18. The summed E-state index contributed by atoms with van der Waals surface area (Å²) >= 11 is 6.14. The third kappa shape index (κ3) is 3.95. The van der Waals surface area contributed by atoms with Gasteiger partial charge < -0.3 is 10.4 Å². The lowest BCUT2D eigenvalue weighted by atomic mass is 10.0. The van der Waals surface area contributed by atoms with Crippen LogP contribution in [-0.2, 0) is 0 Å². The van der Waals surface area contributed by atoms with Crippen LogP contribution in [0.4, 0.5) is 17.1 Å². The number of rotatable bonds is 4. The van der Waals surface area contributed by atoms with E-state index in [1.165, 1.54) is 0 Å². The minimum atomic E-state index is -0.436. The van der Waals surface area contributed by atoms with E-state index in [2.05, 4.69) is 15.5 Å². The lowest BCUT2D eigenvalue weighted by molar-refractivity contribution is 0.102. The monoisotopic (exact) mass is 401 g/mol. The summed E-state index contributed by atoms with van der Waals surface area (Å²) in [5.74, 6) is -0.679. The molecule has 0 aromatic heterocycles. The number of para-hydroxylation sites is 1. The SMILES string of the molecule is O=C(Nc1ccccc1)c1cc2ccccc2c(/N=N/c2ccccc2Cl)c1O. The number of hydrogen-bond donors (Lipinski definition) is 2. The Morgan fingerprint density at radius 3 is 2.34 bits per heavy atom. The van der Waals surface area contributed by atoms with Crippen molar-refractivity contribution in [2.75, 3.05) is 5.32 Å². The van der Waals surface area contributed by atoms with Gasteiger partial charge in [-0.15, -0.1) is 10.2 Å². The smallest absolute Gasteiger partial charge is 0.259 e. The maximum atomic E-state index is 12.8. The van der Waals surface area contributed by atoms with Gasteiger partial charge in [0, 0.05) is 11.1 Å². The predicted molar refractivity (Wildman–Crippen MR) is 116 cm³/mol. The van der Waals surface area contributed by atoms with Crippen molar-refractivity contribution in [1.82, 2.24) is 0 Å². The predicted octanol–water partition coefficient (Wildman–Crippen LogP) is 6.87. The van der Waals surface area contributed by atoms with Crippen LogP contribution in [0.5, 0.6) is 5.75 Å². The normalized spacial score (nSPS) is 11.1. The van der Waals surface area contributed by atoms with Crippen LogP contribution in [0, 0.1) is 0 Å². The summed E-state index contributed by atoms with van der Waals surface area (Å²) < 4.78 is 0. The maximum absolute atomic E-state index is 12.8. The fourth-order valence-corrected chi connectivity index (χ4v) is 3.12. The number of hydrogen-bond acceptors (Lipinski definition) is 4. The van der Waals surface area contributed by atoms with Gasteiger partial charge in [0.05, 0.1) is 10.6 Å². The number of anilines is 1. The van der Waals surface area contributed by atoms with Crippen LogP contribution in [0.2, 0.25) is 5.02 Å². The van der Waals surface area contributed by atoms with E-state index in [4.69, 9.17) is 11.6 Å². The number of fused-ring (bicyclic) bond motifs is 1. The number of carbonyl (C=O) groups is 1. The van der Waals surface area contributed by atoms with Gasteiger partial charge in [0.1, 0.15) is 11.4 Å². The molecule has 5 nitrogen and oxygen atoms in total. The third-order valence-electron chi connectivity index (χ3n) is 4.38. The topological polar surface area (TPSA) is 74.0 Å². The molecule has 0 unspecified atom stereocenters. The molecule has 0 aliphatic rings. The lowest BCUT2D eigenvalue weighted by Gasteiger charge is -2.11. The molecule has 2 N–H and O–H groups in total. The van der Waals surface area contributed by atoms with E-state index in [0.29, 0.717) is 21.8 Å². The van der Waals surface area contributed by atoms with Crippen molar-refractivity contribution in [3.05, 3.63) is 95.5 Å². The first-order valence-electron chi connectivity index (χ1n) is 8.91. The second kappa shape index (κ2) is 8.12. The molecule has 4 aromatic carbocycles. The molecule has 0 spiro atoms. The number of aromatic hydroxyl groups is 1. The first-order chi connectivity index (χ1) is 14.1. The number of nitrogens with zero attached hydrogens (tertiary/aromatic N) is 2. The van der Waals surface area contributed by atoms with Gasteiger partial charge in [-0.1, -0.05) is 66.2 Å². The zero-order valence-corrected chi connectivity index (χ0v) is 16.0. The molecule has 0 fully saturated rings. The van der Waals surface area contributed by atoms with Gasteiger partial charge in [-0.25, -0.2) is 0 Å². The largest absolute Gasteiger partial charge is 0.505 e. The molecule has 4 aromatic rings. The summed E-state index contributed by atoms with van der Waals surface area (Å²) in [5, 5.41) is 23.9. The Morgan fingerprint density at radius 2 is 1.55 bits per heavy atom. The molecule has 0 saturated heterocycles. The van der Waals surface area contributed by atoms with Gasteiger partial charge in [0.2, 0.25) is 0 Å². The van der Waals surface area contributed by atoms with Crippen molar-refractivity contribution in [3.63, 3.8) is 0 Å². The first kappa shape index (κ1) is 18.7. The number of phenolic OH excluding ortho intramolecular Hbond substituents is 1. The van der Waals surface area contributed by atoms with Crippen LogP contribution in [0.25, 0.3) is 10.8 Å². The first-order valence-corrected chi connectivity index (χ1v) is 9.28. The van der Waals surface area contributed by atoms with Gasteiger partial charge in [-0.05, 0) is 35.7 Å². The molecule has 0 radical (unpaired) electrons. The van der Waals surface area contributed by atoms with Crippen LogP contribution in [0.15, 0.2) is 95.2 Å². The summed E-state index contributed by atoms with van der Waals surface area (Å²) in [5.41, 5.74) is 1.42. The van der Waals surface area contributed by atoms with Crippen LogP contribution in [0.1, 0.15) is 10.4 Å². The Balaban J connectivity index is 1.80. The highest BCUT2D eigenvalue weighted by molar-refractivity contribution is 6.32. The number of nitrogens with one attached hydrogen (secondary N) is 1. The molecule has 0 heterocycles. The van der Waals surface area contributed by atoms with E-state index in [1.807, 2.05) is 42.5 Å². The van der Waals surface area contributed by atoms with Crippen LogP contribution in [0.3, 0.4) is 0 Å². The average molecular weight is 402 g/mol. The minimum Gasteiger partial charge on any atom is -0.505 e. The van der Waals surface area contributed by atoms with Crippen LogP contribution >= 0.6 is 11.6 Å². The van der Waals surface area contributed by atoms with E-state index >= 15 is 0 Å². The Bertz CT molecular complexity index is 1220. The van der Waals surface area contributed by atoms with Crippen molar-refractivity contribution in [2.24, 2.45) is 10.2 Å². The number of halogens is 1. The zero-order valence-electron chi connectivity index (χ0n) is 15.2. The summed E-state index contributed by atoms with van der Waals surface area (Å²) in [6, 6.07) is 25.0. The molecular formula is C23H16ClN3O2. The van der Waals surface area contributed by atoms with E-state index in [0.717, 1.165) is 5.39 Å². The Hall–Kier alpha value is -3.70. The van der Waals surface area contributed by atoms with Crippen molar-refractivity contribution in [1.29, 1.82) is 0 Å². The molecule has 1 amide bonds. The highest BCUT2D eigenvalue weighted by atomic mass is 35.5. The second-order valence-electron chi connectivity index (χ2n) is 6.31. The van der Waals surface area contributed by atoms with Gasteiger partial charge in [0.15, 0.2) is 5.75 Å². The summed E-state index contributed by atoms with van der Waals surface area (Å²) in [6.07, 6.45) is 0. The van der Waals surface area contributed by atoms with Gasteiger partial charge in [-0.3, -0.25) is 4.79 Å². The summed E-state index contributed by atoms with van der Waals surface area (Å²) in [4.78, 5) is 12.8. The molecule has 0 atom stereocenters. The fourth-order valence-electron chi connectivity index (χ4n) is 2.95. The minimum absolute atomic E-state index is 0.112. The van der Waals surface area contributed by atoms with Crippen molar-refractivity contribution in [3.8, 4) is 5.75 Å². The molecule has 0 bridgehead atoms. The zero-order chi connectivity index (χ0) is 20.2. The maximum Gasteiger partial charge on any atom is 0.259 e. The van der Waals surface area contributed by atoms with E-state index in [-0.39, 0.29) is 17.0 Å². The number of phenols is 1. The van der Waals surface area contributed by atoms with Gasteiger partial charge in [-0.2, -0.15) is 0 Å². The summed E-state index contributed by atoms with van der Waals surface area (Å²) in [7, 11) is 0. The van der Waals surface area contributed by atoms with Crippen molar-refractivity contribution >= 4 is 45.3 Å². The van der Waals surface area contributed by atoms with E-state index < -0.39 is 5.91 Å². The quantitative estimate of drug-likeness (QED) is 0.366. The molecule has 29 heavy (non-hydrogen) atoms. The molecular weight excluding hydrogens is 386 g/mol. The molecule has 4 rings (SSSR count). The molecule has 0 saturated carbocycles. The Morgan fingerprint density at radius 1 is 0.862 bits per heavy atom. The third-order valence-corrected chi connectivity index (χ3v) is 4.70. The Kier molecular flexibility index (Phi) is 5.22. The number of carbonyl (C=O) groups excluding carboxylic acids is 1.